The van der Waals surface area contributed by atoms with E-state index in [0.29, 0.717) is 5.56 Å². The second-order valence-electron chi connectivity index (χ2n) is 4.40. The molecule has 1 amide bonds. The molecule has 0 spiro atoms. The van der Waals surface area contributed by atoms with Crippen molar-refractivity contribution < 1.29 is 19.8 Å². The van der Waals surface area contributed by atoms with Crippen molar-refractivity contribution in [3.63, 3.8) is 0 Å². The van der Waals surface area contributed by atoms with E-state index in [4.69, 9.17) is 5.11 Å². The molecule has 0 aliphatic rings. The molecule has 0 aliphatic carbocycles. The summed E-state index contributed by atoms with van der Waals surface area (Å²) in [6, 6.07) is 4.67. The molecule has 20 heavy (non-hydrogen) atoms. The molecule has 2 aromatic rings. The van der Waals surface area contributed by atoms with Crippen LogP contribution in [0, 0.1) is 13.8 Å². The first kappa shape index (κ1) is 14.1. The van der Waals surface area contributed by atoms with Crippen molar-refractivity contribution in [2.75, 3.05) is 5.32 Å². The SMILES string of the molecule is Cc1ccc(O)c(C(=O)Nc2c(C)csc2C(=O)O)c1. The third-order valence-corrected chi connectivity index (χ3v) is 3.89. The maximum absolute atomic E-state index is 12.2. The first-order valence-electron chi connectivity index (χ1n) is 5.82. The van der Waals surface area contributed by atoms with Gasteiger partial charge in [0.25, 0.3) is 5.91 Å². The number of hydrogen-bond donors (Lipinski definition) is 3. The van der Waals surface area contributed by atoms with Gasteiger partial charge in [0.05, 0.1) is 11.3 Å². The Morgan fingerprint density at radius 3 is 2.60 bits per heavy atom. The normalized spacial score (nSPS) is 10.3. The van der Waals surface area contributed by atoms with Crippen molar-refractivity contribution in [3.8, 4) is 5.75 Å². The minimum atomic E-state index is -1.09. The molecule has 0 fully saturated rings. The Bertz CT molecular complexity index is 690. The van der Waals surface area contributed by atoms with Gasteiger partial charge in [0.2, 0.25) is 0 Å². The number of phenols is 1. The van der Waals surface area contributed by atoms with Gasteiger partial charge in [-0.2, -0.15) is 0 Å². The quantitative estimate of drug-likeness (QED) is 0.811. The Labute approximate surface area is 119 Å². The fourth-order valence-electron chi connectivity index (χ4n) is 1.77. The van der Waals surface area contributed by atoms with E-state index in [9.17, 15) is 14.7 Å². The minimum absolute atomic E-state index is 0.0722. The number of benzene rings is 1. The molecule has 0 bridgehead atoms. The van der Waals surface area contributed by atoms with Crippen LogP contribution in [0.3, 0.4) is 0 Å². The summed E-state index contributed by atoms with van der Waals surface area (Å²) >= 11 is 1.05. The van der Waals surface area contributed by atoms with Gasteiger partial charge in [0.1, 0.15) is 10.6 Å². The smallest absolute Gasteiger partial charge is 0.348 e. The maximum atomic E-state index is 12.2. The molecule has 0 unspecified atom stereocenters. The van der Waals surface area contributed by atoms with Gasteiger partial charge in [-0.15, -0.1) is 11.3 Å². The molecule has 5 nitrogen and oxygen atoms in total. The fraction of sp³-hybridized carbons (Fsp3) is 0.143. The second-order valence-corrected chi connectivity index (χ2v) is 5.28. The van der Waals surface area contributed by atoms with Crippen LogP contribution in [0.2, 0.25) is 0 Å². The summed E-state index contributed by atoms with van der Waals surface area (Å²) in [5, 5.41) is 23.0. The van der Waals surface area contributed by atoms with Crippen LogP contribution in [0.1, 0.15) is 31.2 Å². The summed E-state index contributed by atoms with van der Waals surface area (Å²) < 4.78 is 0. The van der Waals surface area contributed by atoms with Crippen LogP contribution in [-0.2, 0) is 0 Å². The molecule has 0 saturated carbocycles. The second kappa shape index (κ2) is 5.34. The van der Waals surface area contributed by atoms with Crippen LogP contribution in [0.25, 0.3) is 0 Å². The number of carboxylic acid groups (broad SMARTS) is 1. The summed E-state index contributed by atoms with van der Waals surface area (Å²) in [4.78, 5) is 23.3. The summed E-state index contributed by atoms with van der Waals surface area (Å²) in [5.74, 6) is -1.76. The molecule has 1 heterocycles. The van der Waals surface area contributed by atoms with E-state index >= 15 is 0 Å². The van der Waals surface area contributed by atoms with Crippen molar-refractivity contribution in [2.45, 2.75) is 13.8 Å². The monoisotopic (exact) mass is 291 g/mol. The zero-order chi connectivity index (χ0) is 14.9. The standard InChI is InChI=1S/C14H13NO4S/c1-7-3-4-10(16)9(5-7)13(17)15-11-8(2)6-20-12(11)14(18)19/h3-6,16H,1-2H3,(H,15,17)(H,18,19). The molecule has 6 heteroatoms. The van der Waals surface area contributed by atoms with Gasteiger partial charge in [-0.1, -0.05) is 11.6 Å². The number of aromatic carboxylic acids is 1. The Morgan fingerprint density at radius 2 is 1.95 bits per heavy atom. The number of thiophene rings is 1. The molecular formula is C14H13NO4S. The molecule has 104 valence electrons. The summed E-state index contributed by atoms with van der Waals surface area (Å²) in [7, 11) is 0. The first-order valence-corrected chi connectivity index (χ1v) is 6.70. The van der Waals surface area contributed by atoms with E-state index in [1.54, 1.807) is 31.4 Å². The van der Waals surface area contributed by atoms with Crippen molar-refractivity contribution in [1.82, 2.24) is 0 Å². The lowest BCUT2D eigenvalue weighted by atomic mass is 10.1. The topological polar surface area (TPSA) is 86.6 Å². The fourth-order valence-corrected chi connectivity index (χ4v) is 2.61. The van der Waals surface area contributed by atoms with E-state index in [2.05, 4.69) is 5.32 Å². The van der Waals surface area contributed by atoms with Gasteiger partial charge in [-0.05, 0) is 36.9 Å². The van der Waals surface area contributed by atoms with Crippen LogP contribution in [0.5, 0.6) is 5.75 Å². The third-order valence-electron chi connectivity index (χ3n) is 2.80. The number of nitrogens with one attached hydrogen (secondary N) is 1. The average Bonchev–Trinajstić information content (AvgIpc) is 2.74. The van der Waals surface area contributed by atoms with Gasteiger partial charge >= 0.3 is 5.97 Å². The van der Waals surface area contributed by atoms with Crippen molar-refractivity contribution >= 4 is 28.9 Å². The van der Waals surface area contributed by atoms with E-state index < -0.39 is 11.9 Å². The molecule has 0 atom stereocenters. The van der Waals surface area contributed by atoms with Gasteiger partial charge in [-0.25, -0.2) is 4.79 Å². The zero-order valence-electron chi connectivity index (χ0n) is 10.9. The van der Waals surface area contributed by atoms with Crippen LogP contribution in [0.15, 0.2) is 23.6 Å². The van der Waals surface area contributed by atoms with Crippen LogP contribution in [-0.4, -0.2) is 22.1 Å². The van der Waals surface area contributed by atoms with Crippen molar-refractivity contribution in [3.05, 3.63) is 45.1 Å². The number of carbonyl (C=O) groups excluding carboxylic acids is 1. The molecule has 0 aliphatic heterocycles. The number of anilines is 1. The summed E-state index contributed by atoms with van der Waals surface area (Å²) in [6.07, 6.45) is 0. The summed E-state index contributed by atoms with van der Waals surface area (Å²) in [5.41, 5.74) is 1.89. The number of aryl methyl sites for hydroxylation is 2. The zero-order valence-corrected chi connectivity index (χ0v) is 11.7. The van der Waals surface area contributed by atoms with E-state index in [1.807, 2.05) is 0 Å². The maximum Gasteiger partial charge on any atom is 0.348 e. The number of rotatable bonds is 3. The lowest BCUT2D eigenvalue weighted by Crippen LogP contribution is -2.14. The molecule has 1 aromatic heterocycles. The lowest BCUT2D eigenvalue weighted by Gasteiger charge is -2.08. The van der Waals surface area contributed by atoms with Crippen LogP contribution >= 0.6 is 11.3 Å². The van der Waals surface area contributed by atoms with E-state index in [1.165, 1.54) is 6.07 Å². The van der Waals surface area contributed by atoms with Gasteiger partial charge in [0.15, 0.2) is 0 Å². The van der Waals surface area contributed by atoms with Crippen LogP contribution < -0.4 is 5.32 Å². The number of aromatic hydroxyl groups is 1. The largest absolute Gasteiger partial charge is 0.507 e. The average molecular weight is 291 g/mol. The highest BCUT2D eigenvalue weighted by Gasteiger charge is 2.19. The molecule has 3 N–H and O–H groups in total. The predicted molar refractivity (Wildman–Crippen MR) is 76.8 cm³/mol. The predicted octanol–water partition coefficient (Wildman–Crippen LogP) is 3.02. The Kier molecular flexibility index (Phi) is 3.76. The van der Waals surface area contributed by atoms with Crippen molar-refractivity contribution in [2.24, 2.45) is 0 Å². The molecule has 1 aromatic carbocycles. The number of hydrogen-bond acceptors (Lipinski definition) is 4. The number of carboxylic acids is 1. The molecule has 2 rings (SSSR count). The Balaban J connectivity index is 2.35. The van der Waals surface area contributed by atoms with E-state index in [0.717, 1.165) is 16.9 Å². The summed E-state index contributed by atoms with van der Waals surface area (Å²) in [6.45, 7) is 3.52. The number of carbonyl (C=O) groups is 2. The van der Waals surface area contributed by atoms with Gasteiger partial charge in [0, 0.05) is 0 Å². The highest BCUT2D eigenvalue weighted by molar-refractivity contribution is 7.12. The first-order chi connectivity index (χ1) is 9.40. The van der Waals surface area contributed by atoms with Gasteiger partial charge in [-0.3, -0.25) is 4.79 Å². The Hall–Kier alpha value is -2.34. The van der Waals surface area contributed by atoms with Crippen molar-refractivity contribution in [1.29, 1.82) is 0 Å². The number of phenolic OH excluding ortho intramolecular Hbond substituents is 1. The van der Waals surface area contributed by atoms with Crippen LogP contribution in [0.4, 0.5) is 5.69 Å². The Morgan fingerprint density at radius 1 is 1.25 bits per heavy atom. The number of amides is 1. The highest BCUT2D eigenvalue weighted by Crippen LogP contribution is 2.29. The molecular weight excluding hydrogens is 278 g/mol. The lowest BCUT2D eigenvalue weighted by molar-refractivity contribution is 0.0703. The minimum Gasteiger partial charge on any atom is -0.507 e. The third kappa shape index (κ3) is 2.65. The highest BCUT2D eigenvalue weighted by atomic mass is 32.1. The molecule has 0 saturated heterocycles. The van der Waals surface area contributed by atoms with Gasteiger partial charge < -0.3 is 15.5 Å². The molecule has 0 radical (unpaired) electrons. The van der Waals surface area contributed by atoms with E-state index in [-0.39, 0.29) is 21.9 Å².